The lowest BCUT2D eigenvalue weighted by atomic mass is 10.1. The molecule has 5 N–H and O–H groups in total. The highest BCUT2D eigenvalue weighted by atomic mass is 31.2. The fourth-order valence-corrected chi connectivity index (χ4v) is 6.50. The molecule has 17 heteroatoms. The van der Waals surface area contributed by atoms with Gasteiger partial charge in [0, 0.05) is 12.8 Å². The topological polar surface area (TPSA) is 225 Å². The highest BCUT2D eigenvalue weighted by Gasteiger charge is 2.28. The largest absolute Gasteiger partial charge is 0.472 e. The number of phosphoric acid groups is 2. The van der Waals surface area contributed by atoms with E-state index in [0.717, 1.165) is 64.2 Å². The molecule has 5 atom stereocenters. The third-order valence-electron chi connectivity index (χ3n) is 8.39. The van der Waals surface area contributed by atoms with Gasteiger partial charge >= 0.3 is 27.6 Å². The zero-order valence-electron chi connectivity index (χ0n) is 38.8. The van der Waals surface area contributed by atoms with E-state index in [1.165, 1.54) is 0 Å². The Morgan fingerprint density at radius 3 is 0.985 bits per heavy atom. The van der Waals surface area contributed by atoms with Gasteiger partial charge in [-0.1, -0.05) is 173 Å². The molecule has 0 aromatic heterocycles. The van der Waals surface area contributed by atoms with Crippen molar-refractivity contribution in [2.45, 2.75) is 122 Å². The molecule has 0 fully saturated rings. The lowest BCUT2D eigenvalue weighted by Crippen LogP contribution is -2.25. The number of ether oxygens (including phenoxy) is 2. The Labute approximate surface area is 393 Å². The molecule has 0 aliphatic carbocycles. The highest BCUT2D eigenvalue weighted by molar-refractivity contribution is 7.47. The molecule has 0 saturated heterocycles. The Kier molecular flexibility index (Phi) is 41.2. The fraction of sp³-hybridized carbons (Fsp3) is 0.510. The van der Waals surface area contributed by atoms with Crippen LogP contribution in [-0.2, 0) is 46.3 Å². The first-order valence-electron chi connectivity index (χ1n) is 22.7. The van der Waals surface area contributed by atoms with Gasteiger partial charge < -0.3 is 34.6 Å². The van der Waals surface area contributed by atoms with Crippen LogP contribution in [0, 0.1) is 0 Å². The molecular formula is C49H76O15P2. The summed E-state index contributed by atoms with van der Waals surface area (Å²) in [5.74, 6) is -1.07. The second-order valence-electron chi connectivity index (χ2n) is 14.6. The molecule has 0 spiro atoms. The summed E-state index contributed by atoms with van der Waals surface area (Å²) in [5, 5.41) is 30.0. The molecule has 66 heavy (non-hydrogen) atoms. The van der Waals surface area contributed by atoms with Crippen molar-refractivity contribution in [3.8, 4) is 0 Å². The third-order valence-corrected chi connectivity index (χ3v) is 10.3. The van der Waals surface area contributed by atoms with Crippen molar-refractivity contribution in [1.29, 1.82) is 0 Å². The van der Waals surface area contributed by atoms with Gasteiger partial charge in [0.05, 0.1) is 26.4 Å². The summed E-state index contributed by atoms with van der Waals surface area (Å²) in [5.41, 5.74) is 0. The number of carbonyl (C=O) groups is 2. The Bertz CT molecular complexity index is 1690. The van der Waals surface area contributed by atoms with E-state index < -0.39 is 85.5 Å². The Balaban J connectivity index is 4.03. The fourth-order valence-electron chi connectivity index (χ4n) is 4.91. The van der Waals surface area contributed by atoms with Gasteiger partial charge in [0.1, 0.15) is 31.5 Å². The average Bonchev–Trinajstić information content (AvgIpc) is 3.29. The van der Waals surface area contributed by atoms with Crippen LogP contribution in [0.4, 0.5) is 0 Å². The number of phosphoric ester groups is 2. The van der Waals surface area contributed by atoms with Gasteiger partial charge in [-0.15, -0.1) is 0 Å². The van der Waals surface area contributed by atoms with Crippen molar-refractivity contribution in [2.24, 2.45) is 0 Å². The van der Waals surface area contributed by atoms with Gasteiger partial charge in [0.15, 0.2) is 0 Å². The smallest absolute Gasteiger partial charge is 0.463 e. The summed E-state index contributed by atoms with van der Waals surface area (Å²) in [6.45, 7) is -0.00888. The molecule has 0 bridgehead atoms. The summed E-state index contributed by atoms with van der Waals surface area (Å²) in [6.07, 6.45) is 50.1. The van der Waals surface area contributed by atoms with Crippen molar-refractivity contribution in [3.63, 3.8) is 0 Å². The first kappa shape index (κ1) is 62.2. The summed E-state index contributed by atoms with van der Waals surface area (Å²) in [4.78, 5) is 43.7. The second-order valence-corrected chi connectivity index (χ2v) is 17.5. The third kappa shape index (κ3) is 45.3. The normalized spacial score (nSPS) is 16.3. The van der Waals surface area contributed by atoms with Crippen molar-refractivity contribution < 1.29 is 71.4 Å². The molecule has 372 valence electrons. The molecule has 15 nitrogen and oxygen atoms in total. The van der Waals surface area contributed by atoms with Gasteiger partial charge in [0.2, 0.25) is 0 Å². The Morgan fingerprint density at radius 1 is 0.394 bits per heavy atom. The molecule has 0 amide bonds. The zero-order valence-corrected chi connectivity index (χ0v) is 40.6. The van der Waals surface area contributed by atoms with Crippen LogP contribution in [-0.4, -0.2) is 95.0 Å². The summed E-state index contributed by atoms with van der Waals surface area (Å²) >= 11 is 0. The van der Waals surface area contributed by atoms with Gasteiger partial charge in [-0.2, -0.15) is 0 Å². The number of rotatable bonds is 41. The Morgan fingerprint density at radius 2 is 0.652 bits per heavy atom. The summed E-state index contributed by atoms with van der Waals surface area (Å²) in [7, 11) is -9.61. The number of aliphatic hydroxyl groups excluding tert-OH is 3. The maximum Gasteiger partial charge on any atom is 0.472 e. The van der Waals surface area contributed by atoms with Crippen molar-refractivity contribution >= 4 is 27.6 Å². The number of hydrogen-bond donors (Lipinski definition) is 5. The van der Waals surface area contributed by atoms with Crippen LogP contribution >= 0.6 is 15.6 Å². The average molecular weight is 967 g/mol. The molecule has 0 heterocycles. The predicted octanol–water partition coefficient (Wildman–Crippen LogP) is 10.0. The summed E-state index contributed by atoms with van der Waals surface area (Å²) in [6, 6.07) is 0. The monoisotopic (exact) mass is 966 g/mol. The quantitative estimate of drug-likeness (QED) is 0.0166. The Hall–Kier alpha value is -3.82. The lowest BCUT2D eigenvalue weighted by Gasteiger charge is -2.19. The van der Waals surface area contributed by atoms with Crippen molar-refractivity contribution in [3.05, 3.63) is 134 Å². The first-order valence-corrected chi connectivity index (χ1v) is 25.7. The number of allylic oxidation sites excluding steroid dienone is 22. The van der Waals surface area contributed by atoms with E-state index >= 15 is 0 Å². The van der Waals surface area contributed by atoms with E-state index in [1.54, 1.807) is 0 Å². The minimum atomic E-state index is -4.81. The standard InChI is InChI=1S/C49H76O15P2/c1-3-5-7-9-11-13-15-17-19-20-21-22-24-26-28-30-32-34-36-38-49(54)60-40-46(51)42-62-66(57,58)64-44-47(52)43-63-65(55,56)61-41-45(50)39-59-48(53)37-35-33-31-29-27-25-23-18-16-14-12-10-8-6-4-2/h5-24,26,28,45-47,50-52H,3-4,25,27,29-44H2,1-2H3,(H,55,56)(H,57,58)/b7-5+,8-6+,11-9+,12-10+,15-13-,16-14+,19-17+,21-20+,23-18-,24-22+,28-26+. The zero-order chi connectivity index (χ0) is 48.8. The van der Waals surface area contributed by atoms with Gasteiger partial charge in [-0.3, -0.25) is 27.7 Å². The van der Waals surface area contributed by atoms with E-state index in [9.17, 15) is 43.8 Å². The summed E-state index contributed by atoms with van der Waals surface area (Å²) < 4.78 is 52.9. The van der Waals surface area contributed by atoms with E-state index in [1.807, 2.05) is 115 Å². The van der Waals surface area contributed by atoms with E-state index in [-0.39, 0.29) is 12.8 Å². The van der Waals surface area contributed by atoms with E-state index in [2.05, 4.69) is 50.2 Å². The maximum atomic E-state index is 12.2. The van der Waals surface area contributed by atoms with Crippen LogP contribution in [0.5, 0.6) is 0 Å². The number of esters is 2. The van der Waals surface area contributed by atoms with Crippen molar-refractivity contribution in [1.82, 2.24) is 0 Å². The van der Waals surface area contributed by atoms with Crippen LogP contribution in [0.1, 0.15) is 104 Å². The van der Waals surface area contributed by atoms with E-state index in [4.69, 9.17) is 9.47 Å². The molecule has 0 radical (unpaired) electrons. The predicted molar refractivity (Wildman–Crippen MR) is 260 cm³/mol. The van der Waals surface area contributed by atoms with Gasteiger partial charge in [-0.05, 0) is 51.4 Å². The van der Waals surface area contributed by atoms with Crippen LogP contribution in [0.15, 0.2) is 134 Å². The van der Waals surface area contributed by atoms with Gasteiger partial charge in [0.25, 0.3) is 0 Å². The molecule has 5 unspecified atom stereocenters. The number of unbranched alkanes of at least 4 members (excludes halogenated alkanes) is 8. The highest BCUT2D eigenvalue weighted by Crippen LogP contribution is 2.45. The van der Waals surface area contributed by atoms with Crippen LogP contribution < -0.4 is 0 Å². The number of aliphatic hydroxyl groups is 3. The lowest BCUT2D eigenvalue weighted by molar-refractivity contribution is -0.148. The molecule has 0 rings (SSSR count). The van der Waals surface area contributed by atoms with Gasteiger partial charge in [-0.25, -0.2) is 9.13 Å². The minimum Gasteiger partial charge on any atom is -0.463 e. The van der Waals surface area contributed by atoms with Crippen molar-refractivity contribution in [2.75, 3.05) is 39.6 Å². The number of carbonyl (C=O) groups excluding carboxylic acids is 2. The molecule has 0 aliphatic heterocycles. The SMILES string of the molecule is CC/C=C/C=C/C=C\C=C\C=C\C=C\C=C\CCCCCC(=O)OCC(O)COP(=O)(O)OCC(O)COP(=O)(O)OCC(O)COC(=O)CCCCCCC\C=C/C=C/C=C/C=C/CC. The molecule has 0 aromatic rings. The van der Waals surface area contributed by atoms with Crippen LogP contribution in [0.2, 0.25) is 0 Å². The maximum absolute atomic E-state index is 12.2. The van der Waals surface area contributed by atoms with E-state index in [0.29, 0.717) is 12.8 Å². The second kappa shape index (κ2) is 43.7. The number of hydrogen-bond acceptors (Lipinski definition) is 13. The molecule has 0 aromatic carbocycles. The first-order chi connectivity index (χ1) is 31.8. The molecular weight excluding hydrogens is 890 g/mol. The minimum absolute atomic E-state index is 0.135. The van der Waals surface area contributed by atoms with Crippen LogP contribution in [0.3, 0.4) is 0 Å². The molecule has 0 saturated carbocycles. The molecule has 0 aliphatic rings. The van der Waals surface area contributed by atoms with Crippen LogP contribution in [0.25, 0.3) is 0 Å².